The largest absolute Gasteiger partial charge is 0.426 e. The fraction of sp³-hybridized carbons (Fsp3) is 0.654. The van der Waals surface area contributed by atoms with Crippen molar-refractivity contribution < 1.29 is 18.3 Å². The van der Waals surface area contributed by atoms with Crippen molar-refractivity contribution in [3.8, 4) is 5.75 Å². The zero-order chi connectivity index (χ0) is 22.0. The van der Waals surface area contributed by atoms with Crippen LogP contribution >= 0.6 is 11.6 Å². The van der Waals surface area contributed by atoms with E-state index in [0.717, 1.165) is 61.5 Å². The topological polar surface area (TPSA) is 26.3 Å². The minimum atomic E-state index is -0.913. The summed E-state index contributed by atoms with van der Waals surface area (Å²) in [5, 5.41) is -0.578. The minimum Gasteiger partial charge on any atom is -0.426 e. The van der Waals surface area contributed by atoms with E-state index in [1.165, 1.54) is 38.5 Å². The number of halogens is 3. The third-order valence-corrected chi connectivity index (χ3v) is 8.47. The molecular formula is C26H33ClF2O2. The van der Waals surface area contributed by atoms with E-state index in [0.29, 0.717) is 5.92 Å². The van der Waals surface area contributed by atoms with Gasteiger partial charge in [0.2, 0.25) is 0 Å². The number of benzene rings is 1. The minimum absolute atomic E-state index is 0.113. The van der Waals surface area contributed by atoms with Crippen LogP contribution in [0.25, 0.3) is 0 Å². The first-order chi connectivity index (χ1) is 14.9. The lowest BCUT2D eigenvalue weighted by atomic mass is 9.61. The highest BCUT2D eigenvalue weighted by Gasteiger charge is 2.39. The lowest BCUT2D eigenvalue weighted by molar-refractivity contribution is -0.140. The third-order valence-electron chi connectivity index (χ3n) is 8.11. The molecule has 170 valence electrons. The van der Waals surface area contributed by atoms with Crippen molar-refractivity contribution >= 4 is 17.6 Å². The zero-order valence-electron chi connectivity index (χ0n) is 18.3. The summed E-state index contributed by atoms with van der Waals surface area (Å²) in [6.07, 6.45) is 16.4. The van der Waals surface area contributed by atoms with Crippen LogP contribution < -0.4 is 4.74 Å². The highest BCUT2D eigenvalue weighted by molar-refractivity contribution is 6.30. The van der Waals surface area contributed by atoms with Crippen LogP contribution in [0.3, 0.4) is 0 Å². The van der Waals surface area contributed by atoms with Crippen LogP contribution in [-0.2, 0) is 4.79 Å². The molecule has 0 aromatic heterocycles. The Morgan fingerprint density at radius 2 is 1.45 bits per heavy atom. The number of carbonyl (C=O) groups is 1. The number of ether oxygens (including phenoxy) is 1. The van der Waals surface area contributed by atoms with Gasteiger partial charge in [-0.05, 0) is 101 Å². The Kier molecular flexibility index (Phi) is 7.36. The molecule has 3 saturated carbocycles. The number of hydrogen-bond acceptors (Lipinski definition) is 2. The summed E-state index contributed by atoms with van der Waals surface area (Å²) in [6.45, 7) is 2.13. The van der Waals surface area contributed by atoms with Crippen LogP contribution in [0.15, 0.2) is 24.3 Å². The average Bonchev–Trinajstić information content (AvgIpc) is 2.77. The van der Waals surface area contributed by atoms with Crippen LogP contribution in [-0.4, -0.2) is 5.97 Å². The Morgan fingerprint density at radius 3 is 2.10 bits per heavy atom. The van der Waals surface area contributed by atoms with Crippen LogP contribution in [0.4, 0.5) is 8.78 Å². The van der Waals surface area contributed by atoms with Crippen molar-refractivity contribution in [2.45, 2.75) is 71.1 Å². The van der Waals surface area contributed by atoms with Gasteiger partial charge in [0.1, 0.15) is 22.4 Å². The average molecular weight is 451 g/mol. The number of hydrogen-bond donors (Lipinski definition) is 0. The van der Waals surface area contributed by atoms with Crippen LogP contribution in [0.1, 0.15) is 71.1 Å². The molecule has 3 aliphatic rings. The molecule has 4 atom stereocenters. The molecule has 3 aliphatic carbocycles. The normalized spacial score (nSPS) is 33.8. The van der Waals surface area contributed by atoms with Gasteiger partial charge in [0.25, 0.3) is 0 Å². The van der Waals surface area contributed by atoms with Gasteiger partial charge < -0.3 is 4.74 Å². The van der Waals surface area contributed by atoms with E-state index in [1.54, 1.807) is 0 Å². The van der Waals surface area contributed by atoms with E-state index in [2.05, 4.69) is 19.1 Å². The molecule has 31 heavy (non-hydrogen) atoms. The molecular weight excluding hydrogens is 418 g/mol. The van der Waals surface area contributed by atoms with E-state index in [9.17, 15) is 13.6 Å². The van der Waals surface area contributed by atoms with Gasteiger partial charge in [-0.1, -0.05) is 23.8 Å². The SMILES string of the molecule is C/C=C/C1CCC2CC(C3CCC(C(=O)Oc4cc(F)c(Cl)c(F)c4)CC3)CCC2C1. The second-order valence-electron chi connectivity index (χ2n) is 9.93. The molecule has 0 bridgehead atoms. The maximum absolute atomic E-state index is 13.6. The molecule has 0 N–H and O–H groups in total. The molecule has 0 aliphatic heterocycles. The number of fused-ring (bicyclic) bond motifs is 1. The first-order valence-electron chi connectivity index (χ1n) is 11.9. The van der Waals surface area contributed by atoms with Crippen molar-refractivity contribution in [1.82, 2.24) is 0 Å². The summed E-state index contributed by atoms with van der Waals surface area (Å²) in [5.74, 6) is 1.54. The molecule has 0 radical (unpaired) electrons. The second kappa shape index (κ2) is 10.0. The van der Waals surface area contributed by atoms with Gasteiger partial charge >= 0.3 is 5.97 Å². The predicted octanol–water partition coefficient (Wildman–Crippen LogP) is 7.74. The van der Waals surface area contributed by atoms with E-state index < -0.39 is 16.7 Å². The lowest BCUT2D eigenvalue weighted by Crippen LogP contribution is -2.35. The predicted molar refractivity (Wildman–Crippen MR) is 119 cm³/mol. The summed E-state index contributed by atoms with van der Waals surface area (Å²) in [4.78, 5) is 12.5. The van der Waals surface area contributed by atoms with Gasteiger partial charge in [0, 0.05) is 12.1 Å². The van der Waals surface area contributed by atoms with Gasteiger partial charge in [-0.3, -0.25) is 4.79 Å². The van der Waals surface area contributed by atoms with Crippen LogP contribution in [0.5, 0.6) is 5.75 Å². The molecule has 1 aromatic carbocycles. The van der Waals surface area contributed by atoms with Crippen molar-refractivity contribution in [3.05, 3.63) is 40.9 Å². The van der Waals surface area contributed by atoms with Crippen LogP contribution in [0.2, 0.25) is 5.02 Å². The molecule has 3 fully saturated rings. The summed E-state index contributed by atoms with van der Waals surface area (Å²) in [5.41, 5.74) is 0. The Labute approximate surface area is 189 Å². The van der Waals surface area contributed by atoms with Crippen molar-refractivity contribution in [1.29, 1.82) is 0 Å². The molecule has 4 unspecified atom stereocenters. The Hall–Kier alpha value is -1.42. The molecule has 2 nitrogen and oxygen atoms in total. The second-order valence-corrected chi connectivity index (χ2v) is 10.3. The molecule has 5 heteroatoms. The number of rotatable bonds is 4. The van der Waals surface area contributed by atoms with Gasteiger partial charge in [-0.2, -0.15) is 0 Å². The number of allylic oxidation sites excluding steroid dienone is 2. The van der Waals surface area contributed by atoms with Crippen molar-refractivity contribution in [2.24, 2.45) is 35.5 Å². The van der Waals surface area contributed by atoms with E-state index >= 15 is 0 Å². The van der Waals surface area contributed by atoms with Crippen LogP contribution in [0, 0.1) is 47.1 Å². The Bertz CT molecular complexity index is 793. The number of carbonyl (C=O) groups excluding carboxylic acids is 1. The Balaban J connectivity index is 1.26. The zero-order valence-corrected chi connectivity index (χ0v) is 19.1. The summed E-state index contributed by atoms with van der Waals surface area (Å²) < 4.78 is 32.5. The summed E-state index contributed by atoms with van der Waals surface area (Å²) >= 11 is 5.50. The highest BCUT2D eigenvalue weighted by Crippen LogP contribution is 2.49. The van der Waals surface area contributed by atoms with Gasteiger partial charge in [0.05, 0.1) is 5.92 Å². The number of esters is 1. The highest BCUT2D eigenvalue weighted by atomic mass is 35.5. The quantitative estimate of drug-likeness (QED) is 0.203. The smallest absolute Gasteiger partial charge is 0.314 e. The lowest BCUT2D eigenvalue weighted by Gasteiger charge is -2.45. The van der Waals surface area contributed by atoms with E-state index in [-0.39, 0.29) is 17.6 Å². The molecule has 1 aromatic rings. The van der Waals surface area contributed by atoms with Crippen molar-refractivity contribution in [3.63, 3.8) is 0 Å². The van der Waals surface area contributed by atoms with Crippen molar-refractivity contribution in [2.75, 3.05) is 0 Å². The van der Waals surface area contributed by atoms with Gasteiger partial charge in [-0.25, -0.2) is 8.78 Å². The monoisotopic (exact) mass is 450 g/mol. The van der Waals surface area contributed by atoms with Gasteiger partial charge in [0.15, 0.2) is 0 Å². The molecule has 0 spiro atoms. The van der Waals surface area contributed by atoms with E-state index in [1.807, 2.05) is 0 Å². The standard InChI is InChI=1S/C26H33ClF2O2/c1-2-3-16-4-5-21-13-20(11-10-19(21)12-16)17-6-8-18(9-7-17)26(30)31-22-14-23(28)25(27)24(29)15-22/h2-3,14-21H,4-13H2,1H3/b3-2+. The first kappa shape index (κ1) is 22.8. The first-order valence-corrected chi connectivity index (χ1v) is 12.3. The third kappa shape index (κ3) is 5.32. The van der Waals surface area contributed by atoms with E-state index in [4.69, 9.17) is 16.3 Å². The summed E-state index contributed by atoms with van der Waals surface area (Å²) in [6, 6.07) is 1.94. The molecule has 0 saturated heterocycles. The molecule has 4 rings (SSSR count). The fourth-order valence-electron chi connectivity index (χ4n) is 6.45. The van der Waals surface area contributed by atoms with Gasteiger partial charge in [-0.15, -0.1) is 0 Å². The maximum Gasteiger partial charge on any atom is 0.314 e. The molecule has 0 heterocycles. The fourth-order valence-corrected chi connectivity index (χ4v) is 6.56. The Morgan fingerprint density at radius 1 is 0.903 bits per heavy atom. The maximum atomic E-state index is 13.6. The molecule has 0 amide bonds. The summed E-state index contributed by atoms with van der Waals surface area (Å²) in [7, 11) is 0.